The van der Waals surface area contributed by atoms with Crippen LogP contribution in [-0.4, -0.2) is 66.6 Å². The minimum Gasteiger partial charge on any atom is -0.460 e. The predicted molar refractivity (Wildman–Crippen MR) is 64.9 cm³/mol. The summed E-state index contributed by atoms with van der Waals surface area (Å²) in [5, 5.41) is 20.0. The third-order valence-corrected chi connectivity index (χ3v) is 1.99. The molecule has 0 bridgehead atoms. The first kappa shape index (κ1) is 16.4. The van der Waals surface area contributed by atoms with Gasteiger partial charge in [0.1, 0.15) is 6.61 Å². The van der Waals surface area contributed by atoms with E-state index in [2.05, 4.69) is 11.9 Å². The molecule has 0 aliphatic rings. The van der Waals surface area contributed by atoms with Crippen molar-refractivity contribution >= 4 is 12.0 Å². The van der Waals surface area contributed by atoms with Gasteiger partial charge in [-0.15, -0.1) is 0 Å². The molecule has 0 aromatic carbocycles. The standard InChI is InChI=1S/C11H20N2O5/c1-9(2)10(16)18-8-3-12-11(17)13(4-6-14)5-7-15/h14-15H,1,3-8H2,2H3,(H,12,17). The Bertz CT molecular complexity index is 287. The number of nitrogens with zero attached hydrogens (tertiary/aromatic N) is 1. The molecule has 0 aliphatic heterocycles. The first-order valence-electron chi connectivity index (χ1n) is 5.60. The summed E-state index contributed by atoms with van der Waals surface area (Å²) in [7, 11) is 0. The maximum Gasteiger partial charge on any atom is 0.333 e. The quantitative estimate of drug-likeness (QED) is 0.298. The molecular formula is C11H20N2O5. The van der Waals surface area contributed by atoms with Crippen LogP contribution < -0.4 is 5.32 Å². The molecule has 2 amide bonds. The Morgan fingerprint density at radius 3 is 2.28 bits per heavy atom. The van der Waals surface area contributed by atoms with E-state index < -0.39 is 12.0 Å². The van der Waals surface area contributed by atoms with Crippen molar-refractivity contribution in [3.63, 3.8) is 0 Å². The smallest absolute Gasteiger partial charge is 0.333 e. The minimum atomic E-state index is -0.508. The van der Waals surface area contributed by atoms with Crippen LogP contribution in [-0.2, 0) is 9.53 Å². The van der Waals surface area contributed by atoms with E-state index in [1.807, 2.05) is 0 Å². The van der Waals surface area contributed by atoms with Gasteiger partial charge in [0, 0.05) is 18.7 Å². The van der Waals surface area contributed by atoms with Crippen LogP contribution in [0.15, 0.2) is 12.2 Å². The molecule has 0 rings (SSSR count). The van der Waals surface area contributed by atoms with Crippen molar-refractivity contribution in [2.75, 3.05) is 39.5 Å². The normalized spacial score (nSPS) is 9.72. The molecule has 0 aromatic rings. The number of carbonyl (C=O) groups excluding carboxylic acids is 2. The molecule has 7 nitrogen and oxygen atoms in total. The highest BCUT2D eigenvalue weighted by Gasteiger charge is 2.11. The first-order chi connectivity index (χ1) is 8.52. The second kappa shape index (κ2) is 9.43. The summed E-state index contributed by atoms with van der Waals surface area (Å²) in [6.07, 6.45) is 0. The van der Waals surface area contributed by atoms with Gasteiger partial charge >= 0.3 is 12.0 Å². The Labute approximate surface area is 106 Å². The zero-order valence-electron chi connectivity index (χ0n) is 10.5. The first-order valence-corrected chi connectivity index (χ1v) is 5.60. The summed E-state index contributed by atoms with van der Waals surface area (Å²) in [4.78, 5) is 23.8. The molecule has 0 aromatic heterocycles. The summed E-state index contributed by atoms with van der Waals surface area (Å²) in [6.45, 7) is 5.06. The Hall–Kier alpha value is -1.60. The number of aliphatic hydroxyl groups excluding tert-OH is 2. The number of carbonyl (C=O) groups is 2. The van der Waals surface area contributed by atoms with Crippen LogP contribution in [0.3, 0.4) is 0 Å². The number of amides is 2. The van der Waals surface area contributed by atoms with E-state index in [1.54, 1.807) is 0 Å². The summed E-state index contributed by atoms with van der Waals surface area (Å²) in [5.41, 5.74) is 0.295. The van der Waals surface area contributed by atoms with Crippen LogP contribution in [0.5, 0.6) is 0 Å². The number of hydrogen-bond acceptors (Lipinski definition) is 5. The highest BCUT2D eigenvalue weighted by atomic mass is 16.5. The van der Waals surface area contributed by atoms with Crippen LogP contribution >= 0.6 is 0 Å². The number of nitrogens with one attached hydrogen (secondary N) is 1. The van der Waals surface area contributed by atoms with Crippen molar-refractivity contribution in [2.45, 2.75) is 6.92 Å². The predicted octanol–water partition coefficient (Wildman–Crippen LogP) is -0.898. The van der Waals surface area contributed by atoms with Crippen molar-refractivity contribution in [1.82, 2.24) is 10.2 Å². The zero-order chi connectivity index (χ0) is 14.0. The minimum absolute atomic E-state index is 0.0452. The lowest BCUT2D eigenvalue weighted by atomic mass is 10.4. The van der Waals surface area contributed by atoms with Gasteiger partial charge in [0.15, 0.2) is 0 Å². The lowest BCUT2D eigenvalue weighted by Crippen LogP contribution is -2.44. The van der Waals surface area contributed by atoms with Gasteiger partial charge in [0.25, 0.3) is 0 Å². The number of urea groups is 1. The Morgan fingerprint density at radius 2 is 1.83 bits per heavy atom. The van der Waals surface area contributed by atoms with Gasteiger partial charge in [-0.2, -0.15) is 0 Å². The lowest BCUT2D eigenvalue weighted by molar-refractivity contribution is -0.138. The SMILES string of the molecule is C=C(C)C(=O)OCCNC(=O)N(CCO)CCO. The number of ether oxygens (including phenoxy) is 1. The van der Waals surface area contributed by atoms with Crippen molar-refractivity contribution in [3.8, 4) is 0 Å². The topological polar surface area (TPSA) is 99.1 Å². The van der Waals surface area contributed by atoms with Crippen LogP contribution in [0.4, 0.5) is 4.79 Å². The third-order valence-electron chi connectivity index (χ3n) is 1.99. The molecule has 0 radical (unpaired) electrons. The van der Waals surface area contributed by atoms with Crippen LogP contribution in [0, 0.1) is 0 Å². The fourth-order valence-corrected chi connectivity index (χ4v) is 1.09. The third kappa shape index (κ3) is 6.87. The molecule has 3 N–H and O–H groups in total. The van der Waals surface area contributed by atoms with Crippen molar-refractivity contribution in [1.29, 1.82) is 0 Å². The van der Waals surface area contributed by atoms with Crippen LogP contribution in [0.1, 0.15) is 6.92 Å². The summed E-state index contributed by atoms with van der Waals surface area (Å²) < 4.78 is 4.78. The van der Waals surface area contributed by atoms with Gasteiger partial charge in [-0.05, 0) is 6.92 Å². The molecular weight excluding hydrogens is 240 g/mol. The average molecular weight is 260 g/mol. The molecule has 0 spiro atoms. The molecule has 0 heterocycles. The van der Waals surface area contributed by atoms with E-state index in [1.165, 1.54) is 11.8 Å². The van der Waals surface area contributed by atoms with Crippen molar-refractivity contribution in [3.05, 3.63) is 12.2 Å². The number of rotatable bonds is 8. The molecule has 0 saturated carbocycles. The molecule has 0 atom stereocenters. The molecule has 7 heteroatoms. The van der Waals surface area contributed by atoms with Crippen LogP contribution in [0.25, 0.3) is 0 Å². The van der Waals surface area contributed by atoms with Crippen molar-refractivity contribution in [2.24, 2.45) is 0 Å². The molecule has 0 fully saturated rings. The molecule has 0 aliphatic carbocycles. The fraction of sp³-hybridized carbons (Fsp3) is 0.636. The molecule has 0 saturated heterocycles. The molecule has 0 unspecified atom stereocenters. The fourth-order valence-electron chi connectivity index (χ4n) is 1.09. The highest BCUT2D eigenvalue weighted by molar-refractivity contribution is 5.86. The Kier molecular flexibility index (Phi) is 8.59. The van der Waals surface area contributed by atoms with Gasteiger partial charge in [0.2, 0.25) is 0 Å². The average Bonchev–Trinajstić information content (AvgIpc) is 2.33. The van der Waals surface area contributed by atoms with Gasteiger partial charge in [0.05, 0.1) is 19.8 Å². The van der Waals surface area contributed by atoms with Gasteiger partial charge < -0.3 is 25.2 Å². The second-order valence-electron chi connectivity index (χ2n) is 3.58. The summed E-state index contributed by atoms with van der Waals surface area (Å²) in [5.74, 6) is -0.508. The number of aliphatic hydroxyl groups is 2. The maximum absolute atomic E-state index is 11.5. The van der Waals surface area contributed by atoms with Gasteiger partial charge in [-0.1, -0.05) is 6.58 Å². The van der Waals surface area contributed by atoms with E-state index in [4.69, 9.17) is 14.9 Å². The second-order valence-corrected chi connectivity index (χ2v) is 3.58. The zero-order valence-corrected chi connectivity index (χ0v) is 10.5. The maximum atomic E-state index is 11.5. The largest absolute Gasteiger partial charge is 0.460 e. The van der Waals surface area contributed by atoms with E-state index in [-0.39, 0.29) is 39.5 Å². The number of hydrogen-bond donors (Lipinski definition) is 3. The molecule has 104 valence electrons. The van der Waals surface area contributed by atoms with E-state index in [9.17, 15) is 9.59 Å². The Balaban J connectivity index is 3.86. The monoisotopic (exact) mass is 260 g/mol. The van der Waals surface area contributed by atoms with E-state index in [0.29, 0.717) is 5.57 Å². The van der Waals surface area contributed by atoms with E-state index in [0.717, 1.165) is 0 Å². The van der Waals surface area contributed by atoms with Crippen LogP contribution in [0.2, 0.25) is 0 Å². The number of esters is 1. The van der Waals surface area contributed by atoms with Gasteiger partial charge in [-0.3, -0.25) is 0 Å². The summed E-state index contributed by atoms with van der Waals surface area (Å²) >= 11 is 0. The van der Waals surface area contributed by atoms with Gasteiger partial charge in [-0.25, -0.2) is 9.59 Å². The molecule has 18 heavy (non-hydrogen) atoms. The summed E-state index contributed by atoms with van der Waals surface area (Å²) in [6, 6.07) is -0.426. The van der Waals surface area contributed by atoms with Crippen molar-refractivity contribution < 1.29 is 24.5 Å². The Morgan fingerprint density at radius 1 is 1.28 bits per heavy atom. The highest BCUT2D eigenvalue weighted by Crippen LogP contribution is 1.92. The lowest BCUT2D eigenvalue weighted by Gasteiger charge is -2.20. The van der Waals surface area contributed by atoms with E-state index >= 15 is 0 Å².